The first-order chi connectivity index (χ1) is 5.27. The first-order valence-electron chi connectivity index (χ1n) is 3.77. The number of rotatable bonds is 4. The average molecular weight is 152 g/mol. The molecule has 0 atom stereocenters. The molecule has 0 aliphatic rings. The molecule has 0 radical (unpaired) electrons. The zero-order chi connectivity index (χ0) is 8.53. The lowest BCUT2D eigenvalue weighted by atomic mass is 10.2. The molecule has 0 aromatic carbocycles. The topological polar surface area (TPSA) is 24.4 Å². The van der Waals surface area contributed by atoms with E-state index in [1.54, 1.807) is 13.3 Å². The highest BCUT2D eigenvalue weighted by molar-refractivity contribution is 5.70. The van der Waals surface area contributed by atoms with Crippen LogP contribution in [0.3, 0.4) is 0 Å². The van der Waals surface area contributed by atoms with Crippen molar-refractivity contribution in [2.24, 2.45) is 10.9 Å². The fraction of sp³-hybridized carbons (Fsp3) is 0.444. The monoisotopic (exact) mass is 152 g/mol. The minimum absolute atomic E-state index is 0.593. The highest BCUT2D eigenvalue weighted by Gasteiger charge is 1.79. The van der Waals surface area contributed by atoms with Crippen LogP contribution in [0.5, 0.6) is 0 Å². The molecule has 2 heteroatoms. The molecule has 11 heavy (non-hydrogen) atoms. The van der Waals surface area contributed by atoms with Gasteiger partial charge in [-0.15, -0.1) is 0 Å². The normalized spacial score (nSPS) is 12.7. The van der Waals surface area contributed by atoms with Crippen LogP contribution in [-0.2, 0) is 0 Å². The Morgan fingerprint density at radius 2 is 2.00 bits per heavy atom. The second-order valence-electron chi connectivity index (χ2n) is 2.54. The highest BCUT2D eigenvalue weighted by atomic mass is 14.8. The molecular weight excluding hydrogens is 136 g/mol. The molecule has 0 aliphatic heterocycles. The van der Waals surface area contributed by atoms with Crippen LogP contribution in [0.2, 0.25) is 0 Å². The van der Waals surface area contributed by atoms with E-state index in [9.17, 15) is 0 Å². The molecular formula is C9H16N2. The Labute approximate surface area is 68.7 Å². The maximum atomic E-state index is 3.79. The Bertz CT molecular complexity index is 155. The molecule has 62 valence electrons. The van der Waals surface area contributed by atoms with Gasteiger partial charge in [-0.05, 0) is 18.2 Å². The first kappa shape index (κ1) is 9.95. The van der Waals surface area contributed by atoms with Gasteiger partial charge in [0.2, 0.25) is 0 Å². The summed E-state index contributed by atoms with van der Waals surface area (Å²) in [5.41, 5.74) is 0. The zero-order valence-corrected chi connectivity index (χ0v) is 7.41. The molecule has 0 bridgehead atoms. The average Bonchev–Trinajstić information content (AvgIpc) is 1.96. The van der Waals surface area contributed by atoms with Gasteiger partial charge in [0.05, 0.1) is 0 Å². The van der Waals surface area contributed by atoms with E-state index in [0.717, 1.165) is 0 Å². The molecule has 0 amide bonds. The van der Waals surface area contributed by atoms with Gasteiger partial charge in [0, 0.05) is 19.5 Å². The molecule has 0 saturated carbocycles. The van der Waals surface area contributed by atoms with Crippen LogP contribution < -0.4 is 5.32 Å². The fourth-order valence-electron chi connectivity index (χ4n) is 0.488. The van der Waals surface area contributed by atoms with Crippen LogP contribution in [0.4, 0.5) is 0 Å². The standard InChI is InChI=1S/C9H16N2/c1-9(2)5-8-11-7-4-6-10-3/h4-9,11H,1-3H3/b7-4?,8-5+,10-6?. The fourth-order valence-corrected chi connectivity index (χ4v) is 0.488. The van der Waals surface area contributed by atoms with Gasteiger partial charge in [-0.3, -0.25) is 4.99 Å². The number of allylic oxidation sites excluding steroid dienone is 2. The lowest BCUT2D eigenvalue weighted by Crippen LogP contribution is -1.92. The molecule has 0 fully saturated rings. The third-order valence-corrected chi connectivity index (χ3v) is 1.00. The van der Waals surface area contributed by atoms with Crippen molar-refractivity contribution in [2.45, 2.75) is 13.8 Å². The van der Waals surface area contributed by atoms with Crippen LogP contribution in [0.15, 0.2) is 29.5 Å². The van der Waals surface area contributed by atoms with E-state index in [4.69, 9.17) is 0 Å². The SMILES string of the molecule is CN=CC=CN/C=C/C(C)C. The van der Waals surface area contributed by atoms with Crippen LogP contribution in [0.1, 0.15) is 13.8 Å². The van der Waals surface area contributed by atoms with Gasteiger partial charge >= 0.3 is 0 Å². The molecule has 2 nitrogen and oxygen atoms in total. The number of nitrogens with zero attached hydrogens (tertiary/aromatic N) is 1. The Morgan fingerprint density at radius 1 is 1.27 bits per heavy atom. The maximum Gasteiger partial charge on any atom is 0.0277 e. The summed E-state index contributed by atoms with van der Waals surface area (Å²) < 4.78 is 0. The number of nitrogens with one attached hydrogen (secondary N) is 1. The largest absolute Gasteiger partial charge is 0.368 e. The lowest BCUT2D eigenvalue weighted by molar-refractivity contribution is 0.824. The van der Waals surface area contributed by atoms with Crippen LogP contribution in [0, 0.1) is 5.92 Å². The van der Waals surface area contributed by atoms with E-state index >= 15 is 0 Å². The van der Waals surface area contributed by atoms with Crippen molar-refractivity contribution >= 4 is 6.21 Å². The zero-order valence-electron chi connectivity index (χ0n) is 7.41. The summed E-state index contributed by atoms with van der Waals surface area (Å²) in [6.45, 7) is 4.27. The number of hydrogen-bond donors (Lipinski definition) is 1. The number of hydrogen-bond acceptors (Lipinski definition) is 2. The van der Waals surface area contributed by atoms with Crippen molar-refractivity contribution in [3.05, 3.63) is 24.6 Å². The molecule has 0 saturated heterocycles. The Morgan fingerprint density at radius 3 is 2.55 bits per heavy atom. The molecule has 1 N–H and O–H groups in total. The minimum atomic E-state index is 0.593. The summed E-state index contributed by atoms with van der Waals surface area (Å²) in [7, 11) is 1.74. The van der Waals surface area contributed by atoms with Crippen LogP contribution >= 0.6 is 0 Å². The predicted molar refractivity (Wildman–Crippen MR) is 50.7 cm³/mol. The van der Waals surface area contributed by atoms with E-state index in [0.29, 0.717) is 5.92 Å². The summed E-state index contributed by atoms with van der Waals surface area (Å²) in [5.74, 6) is 0.593. The molecule has 0 aromatic rings. The van der Waals surface area contributed by atoms with Gasteiger partial charge in [-0.2, -0.15) is 0 Å². The van der Waals surface area contributed by atoms with E-state index < -0.39 is 0 Å². The van der Waals surface area contributed by atoms with Gasteiger partial charge < -0.3 is 5.32 Å². The van der Waals surface area contributed by atoms with Crippen molar-refractivity contribution in [2.75, 3.05) is 7.05 Å². The minimum Gasteiger partial charge on any atom is -0.368 e. The smallest absolute Gasteiger partial charge is 0.0277 e. The van der Waals surface area contributed by atoms with Gasteiger partial charge in [-0.25, -0.2) is 0 Å². The molecule has 0 unspecified atom stereocenters. The summed E-state index contributed by atoms with van der Waals surface area (Å²) >= 11 is 0. The summed E-state index contributed by atoms with van der Waals surface area (Å²) in [4.78, 5) is 3.79. The van der Waals surface area contributed by atoms with Gasteiger partial charge in [0.1, 0.15) is 0 Å². The second-order valence-corrected chi connectivity index (χ2v) is 2.54. The van der Waals surface area contributed by atoms with Gasteiger partial charge in [0.25, 0.3) is 0 Å². The van der Waals surface area contributed by atoms with Gasteiger partial charge in [-0.1, -0.05) is 19.9 Å². The molecule has 0 aliphatic carbocycles. The summed E-state index contributed by atoms with van der Waals surface area (Å²) in [5, 5.41) is 3.00. The first-order valence-corrected chi connectivity index (χ1v) is 3.77. The van der Waals surface area contributed by atoms with E-state index in [2.05, 4.69) is 30.2 Å². The van der Waals surface area contributed by atoms with Crippen molar-refractivity contribution in [1.82, 2.24) is 5.32 Å². The predicted octanol–water partition coefficient (Wildman–Crippen LogP) is 1.96. The van der Waals surface area contributed by atoms with Crippen LogP contribution in [0.25, 0.3) is 0 Å². The molecule has 0 heterocycles. The number of aliphatic imine (C=N–C) groups is 1. The van der Waals surface area contributed by atoms with Crippen molar-refractivity contribution in [3.8, 4) is 0 Å². The highest BCUT2D eigenvalue weighted by Crippen LogP contribution is 1.90. The summed E-state index contributed by atoms with van der Waals surface area (Å²) in [6, 6.07) is 0. The van der Waals surface area contributed by atoms with Crippen molar-refractivity contribution < 1.29 is 0 Å². The van der Waals surface area contributed by atoms with Gasteiger partial charge in [0.15, 0.2) is 0 Å². The van der Waals surface area contributed by atoms with E-state index in [1.807, 2.05) is 18.5 Å². The Kier molecular flexibility index (Phi) is 6.39. The lowest BCUT2D eigenvalue weighted by Gasteiger charge is -1.92. The van der Waals surface area contributed by atoms with Crippen molar-refractivity contribution in [1.29, 1.82) is 0 Å². The maximum absolute atomic E-state index is 3.79. The second kappa shape index (κ2) is 7.06. The third-order valence-electron chi connectivity index (χ3n) is 1.00. The summed E-state index contributed by atoms with van der Waals surface area (Å²) in [6.07, 6.45) is 9.44. The Balaban J connectivity index is 3.40. The van der Waals surface area contributed by atoms with E-state index in [-0.39, 0.29) is 0 Å². The molecule has 0 aromatic heterocycles. The Hall–Kier alpha value is -1.05. The van der Waals surface area contributed by atoms with E-state index in [1.165, 1.54) is 0 Å². The molecule has 0 rings (SSSR count). The molecule has 0 spiro atoms. The van der Waals surface area contributed by atoms with Crippen LogP contribution in [-0.4, -0.2) is 13.3 Å². The van der Waals surface area contributed by atoms with Crippen molar-refractivity contribution in [3.63, 3.8) is 0 Å². The third kappa shape index (κ3) is 8.95. The quantitative estimate of drug-likeness (QED) is 0.612.